The molecule has 0 amide bonds. The van der Waals surface area contributed by atoms with Crippen LogP contribution in [0, 0.1) is 17.8 Å². The van der Waals surface area contributed by atoms with E-state index in [0.717, 1.165) is 30.6 Å². The fourth-order valence-electron chi connectivity index (χ4n) is 3.89. The summed E-state index contributed by atoms with van der Waals surface area (Å²) in [6, 6.07) is 4.01. The lowest BCUT2D eigenvalue weighted by molar-refractivity contribution is 0.124. The van der Waals surface area contributed by atoms with E-state index in [-0.39, 0.29) is 6.10 Å². The van der Waals surface area contributed by atoms with Gasteiger partial charge in [0.1, 0.15) is 0 Å². The van der Waals surface area contributed by atoms with Crippen molar-refractivity contribution in [3.8, 4) is 0 Å². The number of aliphatic hydroxyl groups is 1. The molecule has 4 atom stereocenters. The van der Waals surface area contributed by atoms with E-state index < -0.39 is 0 Å². The Morgan fingerprint density at radius 3 is 2.71 bits per heavy atom. The first-order valence-corrected chi connectivity index (χ1v) is 6.88. The summed E-state index contributed by atoms with van der Waals surface area (Å²) in [4.78, 5) is 4.01. The van der Waals surface area contributed by atoms with Crippen LogP contribution >= 0.6 is 0 Å². The Labute approximate surface area is 103 Å². The number of pyridine rings is 1. The van der Waals surface area contributed by atoms with Crippen LogP contribution in [0.25, 0.3) is 0 Å². The van der Waals surface area contributed by atoms with Crippen LogP contribution in [-0.4, -0.2) is 16.2 Å². The van der Waals surface area contributed by atoms with E-state index in [0.29, 0.717) is 0 Å². The molecule has 0 aliphatic heterocycles. The Bertz CT molecular complexity index is 364. The molecule has 2 heteroatoms. The number of fused-ring (bicyclic) bond motifs is 2. The molecule has 0 radical (unpaired) electrons. The average molecular weight is 231 g/mol. The summed E-state index contributed by atoms with van der Waals surface area (Å²) < 4.78 is 0. The molecule has 4 unspecified atom stereocenters. The van der Waals surface area contributed by atoms with Gasteiger partial charge in [0.2, 0.25) is 0 Å². The first kappa shape index (κ1) is 11.2. The van der Waals surface area contributed by atoms with E-state index >= 15 is 0 Å². The molecule has 0 aromatic carbocycles. The predicted octanol–water partition coefficient (Wildman–Crippen LogP) is 2.81. The number of aromatic nitrogens is 1. The molecule has 0 saturated heterocycles. The number of aliphatic hydroxyl groups excluding tert-OH is 1. The molecule has 2 fully saturated rings. The van der Waals surface area contributed by atoms with Crippen LogP contribution in [0.1, 0.15) is 37.7 Å². The molecule has 3 rings (SSSR count). The molecule has 2 bridgehead atoms. The highest BCUT2D eigenvalue weighted by Gasteiger charge is 2.39. The summed E-state index contributed by atoms with van der Waals surface area (Å²) in [7, 11) is 0. The van der Waals surface area contributed by atoms with Gasteiger partial charge in [0.05, 0.1) is 6.10 Å². The molecule has 2 saturated carbocycles. The fourth-order valence-corrected chi connectivity index (χ4v) is 3.89. The Morgan fingerprint density at radius 1 is 1.24 bits per heavy atom. The third kappa shape index (κ3) is 2.52. The average Bonchev–Trinajstić information content (AvgIpc) is 2.92. The van der Waals surface area contributed by atoms with Crippen molar-refractivity contribution in [1.82, 2.24) is 4.98 Å². The highest BCUT2D eigenvalue weighted by molar-refractivity contribution is 5.10. The van der Waals surface area contributed by atoms with E-state index in [1.165, 1.54) is 31.2 Å². The van der Waals surface area contributed by atoms with Gasteiger partial charge in [-0.3, -0.25) is 4.98 Å². The lowest BCUT2D eigenvalue weighted by atomic mass is 9.84. The quantitative estimate of drug-likeness (QED) is 0.864. The molecule has 1 N–H and O–H groups in total. The van der Waals surface area contributed by atoms with Gasteiger partial charge in [0.25, 0.3) is 0 Å². The SMILES string of the molecule is OC(Cc1ccncc1)CC1CC2CCC1C2. The zero-order valence-electron chi connectivity index (χ0n) is 10.3. The van der Waals surface area contributed by atoms with Gasteiger partial charge in [-0.2, -0.15) is 0 Å². The molecule has 1 aromatic heterocycles. The van der Waals surface area contributed by atoms with Crippen molar-refractivity contribution in [3.05, 3.63) is 30.1 Å². The van der Waals surface area contributed by atoms with Crippen LogP contribution in [0.4, 0.5) is 0 Å². The van der Waals surface area contributed by atoms with Crippen LogP contribution in [0.5, 0.6) is 0 Å². The van der Waals surface area contributed by atoms with E-state index in [9.17, 15) is 5.11 Å². The lowest BCUT2D eigenvalue weighted by Crippen LogP contribution is -2.20. The highest BCUT2D eigenvalue weighted by Crippen LogP contribution is 2.49. The number of hydrogen-bond donors (Lipinski definition) is 1. The second kappa shape index (κ2) is 4.77. The number of rotatable bonds is 4. The highest BCUT2D eigenvalue weighted by atomic mass is 16.3. The predicted molar refractivity (Wildman–Crippen MR) is 67.5 cm³/mol. The first-order valence-electron chi connectivity index (χ1n) is 6.88. The van der Waals surface area contributed by atoms with Crippen LogP contribution in [0.2, 0.25) is 0 Å². The zero-order valence-corrected chi connectivity index (χ0v) is 10.3. The molecule has 2 nitrogen and oxygen atoms in total. The van der Waals surface area contributed by atoms with E-state index in [1.54, 1.807) is 12.4 Å². The minimum Gasteiger partial charge on any atom is -0.393 e. The zero-order chi connectivity index (χ0) is 11.7. The van der Waals surface area contributed by atoms with Crippen molar-refractivity contribution in [3.63, 3.8) is 0 Å². The molecule has 92 valence electrons. The van der Waals surface area contributed by atoms with Gasteiger partial charge < -0.3 is 5.11 Å². The van der Waals surface area contributed by atoms with Gasteiger partial charge in [0, 0.05) is 12.4 Å². The smallest absolute Gasteiger partial charge is 0.0583 e. The maximum absolute atomic E-state index is 10.2. The molecule has 2 aliphatic carbocycles. The van der Waals surface area contributed by atoms with Crippen LogP contribution in [-0.2, 0) is 6.42 Å². The summed E-state index contributed by atoms with van der Waals surface area (Å²) in [5, 5.41) is 10.2. The minimum atomic E-state index is -0.165. The summed E-state index contributed by atoms with van der Waals surface area (Å²) in [6.07, 6.45) is 10.9. The first-order chi connectivity index (χ1) is 8.31. The largest absolute Gasteiger partial charge is 0.393 e. The van der Waals surface area contributed by atoms with Crippen LogP contribution in [0.15, 0.2) is 24.5 Å². The van der Waals surface area contributed by atoms with Crippen molar-refractivity contribution >= 4 is 0 Å². The third-order valence-electron chi connectivity index (χ3n) is 4.68. The summed E-state index contributed by atoms with van der Waals surface area (Å²) in [5.74, 6) is 2.70. The minimum absolute atomic E-state index is 0.165. The van der Waals surface area contributed by atoms with Crippen molar-refractivity contribution < 1.29 is 5.11 Å². The monoisotopic (exact) mass is 231 g/mol. The van der Waals surface area contributed by atoms with E-state index in [1.807, 2.05) is 12.1 Å². The van der Waals surface area contributed by atoms with Gasteiger partial charge in [0.15, 0.2) is 0 Å². The fraction of sp³-hybridized carbons (Fsp3) is 0.667. The van der Waals surface area contributed by atoms with Crippen molar-refractivity contribution in [2.45, 2.75) is 44.6 Å². The molecular weight excluding hydrogens is 210 g/mol. The standard InChI is InChI=1S/C15H21NO/c17-15(9-11-3-5-16-6-4-11)10-14-8-12-1-2-13(14)7-12/h3-6,12-15,17H,1-2,7-10H2. The van der Waals surface area contributed by atoms with Crippen LogP contribution < -0.4 is 0 Å². The van der Waals surface area contributed by atoms with Gasteiger partial charge in [-0.25, -0.2) is 0 Å². The molecular formula is C15H21NO. The molecule has 17 heavy (non-hydrogen) atoms. The second-order valence-electron chi connectivity index (χ2n) is 5.88. The Balaban J connectivity index is 1.52. The van der Waals surface area contributed by atoms with Gasteiger partial charge in [-0.05, 0) is 67.6 Å². The van der Waals surface area contributed by atoms with E-state index in [2.05, 4.69) is 4.98 Å². The molecule has 1 aromatic rings. The van der Waals surface area contributed by atoms with Crippen molar-refractivity contribution in [1.29, 1.82) is 0 Å². The van der Waals surface area contributed by atoms with Gasteiger partial charge in [-0.15, -0.1) is 0 Å². The number of hydrogen-bond acceptors (Lipinski definition) is 2. The third-order valence-corrected chi connectivity index (χ3v) is 4.68. The van der Waals surface area contributed by atoms with Gasteiger partial charge in [-0.1, -0.05) is 6.42 Å². The maximum Gasteiger partial charge on any atom is 0.0583 e. The second-order valence-corrected chi connectivity index (χ2v) is 5.88. The molecule has 1 heterocycles. The van der Waals surface area contributed by atoms with Gasteiger partial charge >= 0.3 is 0 Å². The lowest BCUT2D eigenvalue weighted by Gasteiger charge is -2.24. The number of nitrogens with zero attached hydrogens (tertiary/aromatic N) is 1. The normalized spacial score (nSPS) is 32.9. The Hall–Kier alpha value is -0.890. The summed E-state index contributed by atoms with van der Waals surface area (Å²) in [5.41, 5.74) is 1.20. The Kier molecular flexibility index (Phi) is 3.15. The van der Waals surface area contributed by atoms with E-state index in [4.69, 9.17) is 0 Å². The molecule has 0 spiro atoms. The Morgan fingerprint density at radius 2 is 2.06 bits per heavy atom. The summed E-state index contributed by atoms with van der Waals surface area (Å²) >= 11 is 0. The van der Waals surface area contributed by atoms with Crippen molar-refractivity contribution in [2.75, 3.05) is 0 Å². The maximum atomic E-state index is 10.2. The van der Waals surface area contributed by atoms with Crippen LogP contribution in [0.3, 0.4) is 0 Å². The van der Waals surface area contributed by atoms with Crippen molar-refractivity contribution in [2.24, 2.45) is 17.8 Å². The topological polar surface area (TPSA) is 33.1 Å². The molecule has 2 aliphatic rings. The summed E-state index contributed by atoms with van der Waals surface area (Å²) in [6.45, 7) is 0.